The Balaban J connectivity index is 2.08. The van der Waals surface area contributed by atoms with Crippen LogP contribution >= 0.6 is 0 Å². The first-order valence-corrected chi connectivity index (χ1v) is 13.2. The first-order valence-electron chi connectivity index (χ1n) is 13.2. The zero-order valence-corrected chi connectivity index (χ0v) is 22.6. The van der Waals surface area contributed by atoms with E-state index in [9.17, 15) is 14.4 Å². The molecule has 0 aliphatic carbocycles. The first kappa shape index (κ1) is 25.2. The molecule has 0 radical (unpaired) electrons. The van der Waals surface area contributed by atoms with Crippen LogP contribution in [0.5, 0.6) is 0 Å². The maximum absolute atomic E-state index is 14.3. The van der Waals surface area contributed by atoms with Gasteiger partial charge in [-0.2, -0.15) is 0 Å². The van der Waals surface area contributed by atoms with Crippen LogP contribution < -0.4 is 16.3 Å². The maximum atomic E-state index is 14.3. The average molecular weight is 522 g/mol. The van der Waals surface area contributed by atoms with Gasteiger partial charge >= 0.3 is 0 Å². The number of allylic oxidation sites excluding steroid dienone is 1. The van der Waals surface area contributed by atoms with E-state index in [-0.39, 0.29) is 11.1 Å². The van der Waals surface area contributed by atoms with E-state index in [1.54, 1.807) is 19.1 Å². The maximum Gasteiger partial charge on any atom is 0.265 e. The predicted octanol–water partition coefficient (Wildman–Crippen LogP) is 6.80. The lowest BCUT2D eigenvalue weighted by Crippen LogP contribution is -2.30. The minimum absolute atomic E-state index is 0.363. The predicted molar refractivity (Wildman–Crippen MR) is 168 cm³/mol. The fourth-order valence-electron chi connectivity index (χ4n) is 6.11. The molecule has 6 aromatic rings. The minimum Gasteiger partial charge on any atom is -0.299 e. The van der Waals surface area contributed by atoms with Gasteiger partial charge < -0.3 is 0 Å². The summed E-state index contributed by atoms with van der Waals surface area (Å²) in [5, 5.41) is 8.26. The van der Waals surface area contributed by atoms with Crippen LogP contribution in [-0.2, 0) is 4.79 Å². The molecule has 0 atom stereocenters. The van der Waals surface area contributed by atoms with Crippen molar-refractivity contribution in [1.29, 1.82) is 0 Å². The quantitative estimate of drug-likeness (QED) is 0.111. The highest BCUT2D eigenvalue weighted by Gasteiger charge is 2.20. The summed E-state index contributed by atoms with van der Waals surface area (Å²) in [6.45, 7) is 9.81. The van der Waals surface area contributed by atoms with E-state index in [0.717, 1.165) is 65.9 Å². The smallest absolute Gasteiger partial charge is 0.265 e. The van der Waals surface area contributed by atoms with Crippen LogP contribution in [0.4, 0.5) is 0 Å². The molecular weight excluding hydrogens is 494 g/mol. The molecule has 0 aliphatic heterocycles. The molecule has 0 saturated heterocycles. The second-order valence-corrected chi connectivity index (χ2v) is 10.1. The number of carbonyl (C=O) groups excluding carboxylic acids is 1. The van der Waals surface area contributed by atoms with Crippen molar-refractivity contribution < 1.29 is 4.79 Å². The number of hydrogen-bond donors (Lipinski definition) is 0. The van der Waals surface area contributed by atoms with Crippen molar-refractivity contribution in [2.45, 2.75) is 20.8 Å². The molecule has 0 aliphatic rings. The Hall–Kier alpha value is -5.09. The molecule has 40 heavy (non-hydrogen) atoms. The number of para-hydroxylation sites is 1. The summed E-state index contributed by atoms with van der Waals surface area (Å²) in [5.41, 5.74) is 2.92. The van der Waals surface area contributed by atoms with E-state index in [1.807, 2.05) is 80.6 Å². The summed E-state index contributed by atoms with van der Waals surface area (Å²) in [7, 11) is 0. The zero-order chi connectivity index (χ0) is 28.1. The second-order valence-electron chi connectivity index (χ2n) is 10.1. The van der Waals surface area contributed by atoms with Crippen molar-refractivity contribution in [3.05, 3.63) is 128 Å². The molecule has 0 unspecified atom stereocenters. The van der Waals surface area contributed by atoms with Crippen molar-refractivity contribution in [3.63, 3.8) is 0 Å². The van der Waals surface area contributed by atoms with E-state index >= 15 is 0 Å². The molecule has 6 rings (SSSR count). The van der Waals surface area contributed by atoms with E-state index in [0.29, 0.717) is 16.6 Å². The van der Waals surface area contributed by atoms with Gasteiger partial charge in [0.2, 0.25) is 0 Å². The number of carbonyl (C=O) groups is 1. The molecule has 4 heteroatoms. The molecule has 0 N–H and O–H groups in total. The summed E-state index contributed by atoms with van der Waals surface area (Å²) in [6, 6.07) is 20.9. The first-order chi connectivity index (χ1) is 19.4. The van der Waals surface area contributed by atoms with Crippen LogP contribution in [0.1, 0.15) is 29.2 Å². The van der Waals surface area contributed by atoms with Gasteiger partial charge in [-0.3, -0.25) is 14.4 Å². The molecule has 1 heterocycles. The SMILES string of the molecule is C=Cc1ccc2cc(C)c(=O)n(-c3ccccc3)c(=O)c3cc4ccc(/C=C/C=O)c5/c(=C/C)c1c2c(c3C)c45. The van der Waals surface area contributed by atoms with Crippen molar-refractivity contribution in [1.82, 2.24) is 4.57 Å². The van der Waals surface area contributed by atoms with Gasteiger partial charge in [0.05, 0.1) is 5.69 Å². The van der Waals surface area contributed by atoms with Gasteiger partial charge in [-0.15, -0.1) is 0 Å². The number of aryl methyl sites for hydroxylation is 2. The summed E-state index contributed by atoms with van der Waals surface area (Å²) < 4.78 is 1.28. The number of rotatable bonds is 4. The van der Waals surface area contributed by atoms with Gasteiger partial charge in [-0.25, -0.2) is 4.57 Å². The Kier molecular flexibility index (Phi) is 6.04. The molecule has 0 spiro atoms. The number of nitrogens with zero attached hydrogens (tertiary/aromatic N) is 1. The Morgan fingerprint density at radius 2 is 1.40 bits per heavy atom. The van der Waals surface area contributed by atoms with Gasteiger partial charge in [0.1, 0.15) is 6.29 Å². The third-order valence-corrected chi connectivity index (χ3v) is 7.88. The molecule has 2 bridgehead atoms. The number of aldehydes is 1. The van der Waals surface area contributed by atoms with Gasteiger partial charge in [0.25, 0.3) is 11.1 Å². The van der Waals surface area contributed by atoms with Crippen LogP contribution in [0.25, 0.3) is 67.0 Å². The van der Waals surface area contributed by atoms with E-state index in [4.69, 9.17) is 0 Å². The largest absolute Gasteiger partial charge is 0.299 e. The number of fused-ring (bicyclic) bond motifs is 1. The molecule has 1 aromatic heterocycles. The molecule has 0 amide bonds. The Morgan fingerprint density at radius 1 is 0.750 bits per heavy atom. The molecular formula is C36H27NO3. The van der Waals surface area contributed by atoms with E-state index in [1.165, 1.54) is 10.6 Å². The lowest BCUT2D eigenvalue weighted by molar-refractivity contribution is -0.104. The molecule has 4 nitrogen and oxygen atoms in total. The van der Waals surface area contributed by atoms with Crippen LogP contribution in [-0.4, -0.2) is 10.9 Å². The summed E-state index contributed by atoms with van der Waals surface area (Å²) >= 11 is 0. The van der Waals surface area contributed by atoms with E-state index in [2.05, 4.69) is 12.7 Å². The molecule has 0 fully saturated rings. The minimum atomic E-state index is -0.368. The van der Waals surface area contributed by atoms with Crippen molar-refractivity contribution in [3.8, 4) is 5.69 Å². The summed E-state index contributed by atoms with van der Waals surface area (Å²) in [6.07, 6.45) is 8.04. The monoisotopic (exact) mass is 521 g/mol. The fourth-order valence-corrected chi connectivity index (χ4v) is 6.11. The average Bonchev–Trinajstić information content (AvgIpc) is 2.97. The van der Waals surface area contributed by atoms with Crippen LogP contribution in [0, 0.1) is 13.8 Å². The Morgan fingerprint density at radius 3 is 2.05 bits per heavy atom. The van der Waals surface area contributed by atoms with Gasteiger partial charge in [0.15, 0.2) is 0 Å². The lowest BCUT2D eigenvalue weighted by atomic mass is 9.84. The topological polar surface area (TPSA) is 56.1 Å². The van der Waals surface area contributed by atoms with Crippen molar-refractivity contribution >= 4 is 67.6 Å². The summed E-state index contributed by atoms with van der Waals surface area (Å²) in [5.74, 6) is 0. The highest BCUT2D eigenvalue weighted by molar-refractivity contribution is 6.30. The van der Waals surface area contributed by atoms with Gasteiger partial charge in [-0.1, -0.05) is 67.3 Å². The number of aromatic nitrogens is 1. The molecule has 194 valence electrons. The van der Waals surface area contributed by atoms with Gasteiger partial charge in [-0.05, 0) is 111 Å². The fraction of sp³-hybridized carbons (Fsp3) is 0.0833. The number of hydrogen-bond acceptors (Lipinski definition) is 3. The van der Waals surface area contributed by atoms with Crippen LogP contribution in [0.3, 0.4) is 0 Å². The second kappa shape index (κ2) is 9.58. The molecule has 5 aromatic carbocycles. The number of benzene rings is 5. The van der Waals surface area contributed by atoms with Crippen LogP contribution in [0.15, 0.2) is 89.0 Å². The van der Waals surface area contributed by atoms with E-state index < -0.39 is 0 Å². The third-order valence-electron chi connectivity index (χ3n) is 7.88. The Bertz CT molecular complexity index is 2260. The highest BCUT2D eigenvalue weighted by Crippen LogP contribution is 2.39. The van der Waals surface area contributed by atoms with Crippen molar-refractivity contribution in [2.75, 3.05) is 0 Å². The lowest BCUT2D eigenvalue weighted by Gasteiger charge is -2.19. The highest BCUT2D eigenvalue weighted by atomic mass is 16.2. The zero-order valence-electron chi connectivity index (χ0n) is 22.6. The normalized spacial score (nSPS) is 12.3. The van der Waals surface area contributed by atoms with Crippen LogP contribution in [0.2, 0.25) is 0 Å². The standard InChI is InChI=1S/C36H27NO3/c1-5-23-14-16-25-19-21(3)35(39)37(27-12-8-7-9-13-27)36(40)29-20-26-17-15-24(11-10-18-38)32-28(6-2)31(23)33(25)30(22(29)4)34(26)32/h5-20H,1H2,2-4H3/b11-10+,21-19?,28-6+. The van der Waals surface area contributed by atoms with Gasteiger partial charge in [0, 0.05) is 10.9 Å². The third kappa shape index (κ3) is 3.57. The Labute approximate surface area is 230 Å². The molecule has 0 saturated carbocycles. The summed E-state index contributed by atoms with van der Waals surface area (Å²) in [4.78, 5) is 39.5. The van der Waals surface area contributed by atoms with Crippen molar-refractivity contribution in [2.24, 2.45) is 0 Å².